The first-order valence-electron chi connectivity index (χ1n) is 4.44. The molecule has 0 saturated carbocycles. The number of aliphatic hydroxyl groups excluding tert-OH is 1. The van der Waals surface area contributed by atoms with Gasteiger partial charge in [-0.3, -0.25) is 0 Å². The van der Waals surface area contributed by atoms with Crippen molar-refractivity contribution in [2.24, 2.45) is 5.73 Å². The van der Waals surface area contributed by atoms with Crippen molar-refractivity contribution in [1.82, 2.24) is 0 Å². The van der Waals surface area contributed by atoms with Crippen LogP contribution in [0.1, 0.15) is 18.6 Å². The second-order valence-corrected chi connectivity index (χ2v) is 3.32. The van der Waals surface area contributed by atoms with Gasteiger partial charge in [0.1, 0.15) is 0 Å². The van der Waals surface area contributed by atoms with Crippen LogP contribution < -0.4 is 10.5 Å². The standard InChI is InChI=1S/C10H13F2NO2/c1-5(13)10(14)6-3-7(11)9(12)8(4-6)15-2/h3-5,10,14H,13H2,1-2H3/t5-,10-/m1/s1. The quantitative estimate of drug-likeness (QED) is 0.803. The zero-order valence-corrected chi connectivity index (χ0v) is 8.50. The molecule has 2 atom stereocenters. The summed E-state index contributed by atoms with van der Waals surface area (Å²) in [5.74, 6) is -2.38. The lowest BCUT2D eigenvalue weighted by molar-refractivity contribution is 0.152. The Bertz CT molecular complexity index is 356. The summed E-state index contributed by atoms with van der Waals surface area (Å²) in [5.41, 5.74) is 5.64. The van der Waals surface area contributed by atoms with Gasteiger partial charge in [-0.15, -0.1) is 0 Å². The summed E-state index contributed by atoms with van der Waals surface area (Å²) in [4.78, 5) is 0. The summed E-state index contributed by atoms with van der Waals surface area (Å²) in [7, 11) is 1.22. The first-order chi connectivity index (χ1) is 6.97. The van der Waals surface area contributed by atoms with Crippen LogP contribution in [0.25, 0.3) is 0 Å². The lowest BCUT2D eigenvalue weighted by Gasteiger charge is -2.16. The number of methoxy groups -OCH3 is 1. The Kier molecular flexibility index (Phi) is 3.60. The summed E-state index contributed by atoms with van der Waals surface area (Å²) < 4.78 is 30.7. The zero-order valence-electron chi connectivity index (χ0n) is 8.50. The fourth-order valence-electron chi connectivity index (χ4n) is 1.21. The van der Waals surface area contributed by atoms with Gasteiger partial charge in [0, 0.05) is 6.04 Å². The second kappa shape index (κ2) is 4.55. The molecule has 0 bridgehead atoms. The van der Waals surface area contributed by atoms with Crippen LogP contribution in [-0.4, -0.2) is 18.3 Å². The number of benzene rings is 1. The van der Waals surface area contributed by atoms with E-state index in [-0.39, 0.29) is 11.3 Å². The van der Waals surface area contributed by atoms with Gasteiger partial charge in [-0.25, -0.2) is 4.39 Å². The number of hydrogen-bond acceptors (Lipinski definition) is 3. The highest BCUT2D eigenvalue weighted by Gasteiger charge is 2.18. The minimum Gasteiger partial charge on any atom is -0.494 e. The molecule has 0 aliphatic carbocycles. The van der Waals surface area contributed by atoms with E-state index in [4.69, 9.17) is 5.73 Å². The summed E-state index contributed by atoms with van der Waals surface area (Å²) in [5, 5.41) is 9.56. The molecule has 0 fully saturated rings. The minimum atomic E-state index is -1.07. The molecule has 0 unspecified atom stereocenters. The first kappa shape index (κ1) is 11.9. The monoisotopic (exact) mass is 217 g/mol. The molecular formula is C10H13F2NO2. The Balaban J connectivity index is 3.16. The third-order valence-electron chi connectivity index (χ3n) is 2.08. The van der Waals surface area contributed by atoms with Gasteiger partial charge in [-0.2, -0.15) is 4.39 Å². The predicted octanol–water partition coefficient (Wildman–Crippen LogP) is 1.35. The largest absolute Gasteiger partial charge is 0.494 e. The van der Waals surface area contributed by atoms with Crippen molar-refractivity contribution < 1.29 is 18.6 Å². The van der Waals surface area contributed by atoms with Crippen molar-refractivity contribution >= 4 is 0 Å². The molecule has 1 aromatic rings. The molecule has 15 heavy (non-hydrogen) atoms. The van der Waals surface area contributed by atoms with E-state index in [1.165, 1.54) is 13.2 Å². The highest BCUT2D eigenvalue weighted by molar-refractivity contribution is 5.33. The lowest BCUT2D eigenvalue weighted by atomic mass is 10.0. The summed E-state index contributed by atoms with van der Waals surface area (Å²) in [6.45, 7) is 1.57. The highest BCUT2D eigenvalue weighted by Crippen LogP contribution is 2.26. The van der Waals surface area contributed by atoms with Crippen molar-refractivity contribution in [2.75, 3.05) is 7.11 Å². The van der Waals surface area contributed by atoms with E-state index in [1.54, 1.807) is 6.92 Å². The van der Waals surface area contributed by atoms with Crippen molar-refractivity contribution in [1.29, 1.82) is 0 Å². The number of nitrogens with two attached hydrogens (primary N) is 1. The molecule has 0 aliphatic rings. The maximum Gasteiger partial charge on any atom is 0.200 e. The molecule has 3 nitrogen and oxygen atoms in total. The lowest BCUT2D eigenvalue weighted by Crippen LogP contribution is -2.24. The van der Waals surface area contributed by atoms with Gasteiger partial charge in [0.25, 0.3) is 0 Å². The smallest absolute Gasteiger partial charge is 0.200 e. The fraction of sp³-hybridized carbons (Fsp3) is 0.400. The molecule has 3 N–H and O–H groups in total. The Morgan fingerprint density at radius 2 is 2.00 bits per heavy atom. The maximum atomic E-state index is 13.0. The van der Waals surface area contributed by atoms with Crippen molar-refractivity contribution in [3.05, 3.63) is 29.3 Å². The number of aliphatic hydroxyl groups is 1. The van der Waals surface area contributed by atoms with Crippen molar-refractivity contribution in [3.8, 4) is 5.75 Å². The molecule has 0 aliphatic heterocycles. The van der Waals surface area contributed by atoms with E-state index in [9.17, 15) is 13.9 Å². The van der Waals surface area contributed by atoms with Crippen LogP contribution in [0.5, 0.6) is 5.75 Å². The van der Waals surface area contributed by atoms with Crippen molar-refractivity contribution in [2.45, 2.75) is 19.1 Å². The molecule has 0 spiro atoms. The average Bonchev–Trinajstić information content (AvgIpc) is 2.20. The van der Waals surface area contributed by atoms with E-state index in [1.807, 2.05) is 0 Å². The molecule has 5 heteroatoms. The predicted molar refractivity (Wildman–Crippen MR) is 51.5 cm³/mol. The van der Waals surface area contributed by atoms with E-state index >= 15 is 0 Å². The zero-order chi connectivity index (χ0) is 11.6. The average molecular weight is 217 g/mol. The van der Waals surface area contributed by atoms with Crippen LogP contribution >= 0.6 is 0 Å². The molecule has 0 heterocycles. The second-order valence-electron chi connectivity index (χ2n) is 3.32. The van der Waals surface area contributed by atoms with Crippen LogP contribution in [-0.2, 0) is 0 Å². The van der Waals surface area contributed by atoms with Crippen LogP contribution in [0.2, 0.25) is 0 Å². The van der Waals surface area contributed by atoms with Crippen LogP contribution in [0.4, 0.5) is 8.78 Å². The van der Waals surface area contributed by atoms with Crippen LogP contribution in [0, 0.1) is 11.6 Å². The minimum absolute atomic E-state index is 0.195. The van der Waals surface area contributed by atoms with Crippen LogP contribution in [0.3, 0.4) is 0 Å². The molecule has 1 aromatic carbocycles. The van der Waals surface area contributed by atoms with E-state index in [0.717, 1.165) is 6.07 Å². The van der Waals surface area contributed by atoms with Crippen molar-refractivity contribution in [3.63, 3.8) is 0 Å². The maximum absolute atomic E-state index is 13.0. The molecule has 0 radical (unpaired) electrons. The van der Waals surface area contributed by atoms with Crippen LogP contribution in [0.15, 0.2) is 12.1 Å². The van der Waals surface area contributed by atoms with Gasteiger partial charge in [0.15, 0.2) is 11.6 Å². The molecule has 0 saturated heterocycles. The number of halogens is 2. The van der Waals surface area contributed by atoms with E-state index in [2.05, 4.69) is 4.74 Å². The Morgan fingerprint density at radius 3 is 2.47 bits per heavy atom. The number of hydrogen-bond donors (Lipinski definition) is 2. The molecule has 0 aromatic heterocycles. The van der Waals surface area contributed by atoms with Gasteiger partial charge in [0.05, 0.1) is 13.2 Å². The normalized spacial score (nSPS) is 14.8. The molecule has 1 rings (SSSR count). The number of rotatable bonds is 3. The highest BCUT2D eigenvalue weighted by atomic mass is 19.2. The third-order valence-corrected chi connectivity index (χ3v) is 2.08. The fourth-order valence-corrected chi connectivity index (χ4v) is 1.21. The molecule has 0 amide bonds. The van der Waals surface area contributed by atoms with Gasteiger partial charge in [-0.05, 0) is 24.6 Å². The number of ether oxygens (including phenoxy) is 1. The third kappa shape index (κ3) is 2.43. The topological polar surface area (TPSA) is 55.5 Å². The van der Waals surface area contributed by atoms with Gasteiger partial charge in [-0.1, -0.05) is 0 Å². The summed E-state index contributed by atoms with van der Waals surface area (Å²) >= 11 is 0. The van der Waals surface area contributed by atoms with Gasteiger partial charge < -0.3 is 15.6 Å². The van der Waals surface area contributed by atoms with Gasteiger partial charge in [0.2, 0.25) is 5.82 Å². The Morgan fingerprint density at radius 1 is 1.40 bits per heavy atom. The van der Waals surface area contributed by atoms with E-state index in [0.29, 0.717) is 0 Å². The van der Waals surface area contributed by atoms with Gasteiger partial charge >= 0.3 is 0 Å². The Labute approximate surface area is 86.5 Å². The summed E-state index contributed by atoms with van der Waals surface area (Å²) in [6.07, 6.45) is -1.05. The van der Waals surface area contributed by atoms with E-state index < -0.39 is 23.8 Å². The summed E-state index contributed by atoms with van der Waals surface area (Å²) in [6, 6.07) is 1.57. The Hall–Kier alpha value is -1.20. The molecule has 84 valence electrons. The SMILES string of the molecule is COc1cc([C@H](O)[C@@H](C)N)cc(F)c1F. The first-order valence-corrected chi connectivity index (χ1v) is 4.44. The molecular weight excluding hydrogens is 204 g/mol.